The van der Waals surface area contributed by atoms with E-state index in [0.29, 0.717) is 12.6 Å². The van der Waals surface area contributed by atoms with Crippen LogP contribution in [-0.2, 0) is 4.74 Å². The topological polar surface area (TPSA) is 71.7 Å². The van der Waals surface area contributed by atoms with Crippen LogP contribution in [0.25, 0.3) is 0 Å². The van der Waals surface area contributed by atoms with Gasteiger partial charge in [0.15, 0.2) is 0 Å². The highest BCUT2D eigenvalue weighted by Crippen LogP contribution is 1.96. The largest absolute Gasteiger partial charge is 0.383 e. The van der Waals surface area contributed by atoms with Crippen molar-refractivity contribution in [2.75, 3.05) is 20.3 Å². The molecule has 0 aliphatic heterocycles. The summed E-state index contributed by atoms with van der Waals surface area (Å²) in [6, 6.07) is 0.270. The Labute approximate surface area is 92.4 Å². The SMILES string of the molecule is CCCN=C(NN)NC(CCC)COC. The maximum absolute atomic E-state index is 5.37. The van der Waals surface area contributed by atoms with Gasteiger partial charge in [-0.1, -0.05) is 20.3 Å². The molecule has 0 aliphatic carbocycles. The van der Waals surface area contributed by atoms with Gasteiger partial charge in [0.05, 0.1) is 12.6 Å². The van der Waals surface area contributed by atoms with Gasteiger partial charge in [-0.15, -0.1) is 0 Å². The molecule has 0 spiro atoms. The van der Waals surface area contributed by atoms with E-state index in [2.05, 4.69) is 29.6 Å². The van der Waals surface area contributed by atoms with Gasteiger partial charge in [-0.05, 0) is 12.8 Å². The summed E-state index contributed by atoms with van der Waals surface area (Å²) in [5.41, 5.74) is 2.57. The van der Waals surface area contributed by atoms with Gasteiger partial charge in [0, 0.05) is 13.7 Å². The van der Waals surface area contributed by atoms with Gasteiger partial charge in [-0.3, -0.25) is 10.4 Å². The first kappa shape index (κ1) is 14.2. The van der Waals surface area contributed by atoms with Crippen molar-refractivity contribution in [3.05, 3.63) is 0 Å². The molecule has 5 nitrogen and oxygen atoms in total. The average Bonchev–Trinajstić information content (AvgIpc) is 2.24. The summed E-state index contributed by atoms with van der Waals surface area (Å²) in [5, 5.41) is 3.23. The summed E-state index contributed by atoms with van der Waals surface area (Å²) in [6.07, 6.45) is 3.16. The first-order valence-electron chi connectivity index (χ1n) is 5.54. The molecule has 0 aromatic heterocycles. The van der Waals surface area contributed by atoms with Crippen LogP contribution in [0, 0.1) is 0 Å². The van der Waals surface area contributed by atoms with Gasteiger partial charge in [-0.25, -0.2) is 5.84 Å². The van der Waals surface area contributed by atoms with Crippen molar-refractivity contribution in [3.63, 3.8) is 0 Å². The van der Waals surface area contributed by atoms with Gasteiger partial charge in [0.2, 0.25) is 5.96 Å². The minimum Gasteiger partial charge on any atom is -0.383 e. The number of hydrogen-bond donors (Lipinski definition) is 3. The van der Waals surface area contributed by atoms with Gasteiger partial charge >= 0.3 is 0 Å². The lowest BCUT2D eigenvalue weighted by atomic mass is 10.2. The highest BCUT2D eigenvalue weighted by Gasteiger charge is 2.08. The number of hydrogen-bond acceptors (Lipinski definition) is 3. The van der Waals surface area contributed by atoms with Gasteiger partial charge in [0.1, 0.15) is 0 Å². The molecule has 15 heavy (non-hydrogen) atoms. The molecule has 90 valence electrons. The Hall–Kier alpha value is -0.810. The first-order valence-corrected chi connectivity index (χ1v) is 5.54. The number of hydrazine groups is 1. The van der Waals surface area contributed by atoms with Crippen LogP contribution in [-0.4, -0.2) is 32.3 Å². The molecule has 5 heteroatoms. The van der Waals surface area contributed by atoms with Crippen molar-refractivity contribution < 1.29 is 4.74 Å². The fourth-order valence-electron chi connectivity index (χ4n) is 1.30. The Balaban J connectivity index is 4.08. The van der Waals surface area contributed by atoms with Crippen LogP contribution in [0.3, 0.4) is 0 Å². The highest BCUT2D eigenvalue weighted by molar-refractivity contribution is 5.79. The van der Waals surface area contributed by atoms with Crippen molar-refractivity contribution in [1.82, 2.24) is 10.7 Å². The van der Waals surface area contributed by atoms with E-state index in [-0.39, 0.29) is 6.04 Å². The van der Waals surface area contributed by atoms with E-state index in [9.17, 15) is 0 Å². The van der Waals surface area contributed by atoms with Crippen molar-refractivity contribution in [2.24, 2.45) is 10.8 Å². The molecule has 1 atom stereocenters. The smallest absolute Gasteiger partial charge is 0.206 e. The zero-order chi connectivity index (χ0) is 11.5. The van der Waals surface area contributed by atoms with Crippen molar-refractivity contribution >= 4 is 5.96 Å². The predicted octanol–water partition coefficient (Wildman–Crippen LogP) is 0.620. The van der Waals surface area contributed by atoms with Crippen molar-refractivity contribution in [3.8, 4) is 0 Å². The van der Waals surface area contributed by atoms with Crippen LogP contribution in [0.1, 0.15) is 33.1 Å². The summed E-state index contributed by atoms with van der Waals surface area (Å²) in [7, 11) is 1.70. The number of rotatable bonds is 7. The molecular weight excluding hydrogens is 192 g/mol. The van der Waals surface area contributed by atoms with E-state index in [1.54, 1.807) is 7.11 Å². The van der Waals surface area contributed by atoms with E-state index in [4.69, 9.17) is 10.6 Å². The summed E-state index contributed by atoms with van der Waals surface area (Å²) in [5.74, 6) is 6.02. The number of nitrogens with one attached hydrogen (secondary N) is 2. The lowest BCUT2D eigenvalue weighted by Crippen LogP contribution is -2.48. The van der Waals surface area contributed by atoms with Crippen LogP contribution < -0.4 is 16.6 Å². The molecule has 0 aliphatic rings. The molecule has 0 saturated heterocycles. The zero-order valence-electron chi connectivity index (χ0n) is 10.0. The number of aliphatic imine (C=N–C) groups is 1. The Morgan fingerprint density at radius 2 is 2.13 bits per heavy atom. The van der Waals surface area contributed by atoms with Crippen LogP contribution in [0.15, 0.2) is 4.99 Å². The van der Waals surface area contributed by atoms with E-state index < -0.39 is 0 Å². The third kappa shape index (κ3) is 7.16. The molecule has 4 N–H and O–H groups in total. The molecule has 0 bridgehead atoms. The lowest BCUT2D eigenvalue weighted by Gasteiger charge is -2.19. The van der Waals surface area contributed by atoms with E-state index in [0.717, 1.165) is 25.8 Å². The summed E-state index contributed by atoms with van der Waals surface area (Å²) in [6.45, 7) is 5.67. The lowest BCUT2D eigenvalue weighted by molar-refractivity contribution is 0.169. The minimum atomic E-state index is 0.270. The minimum absolute atomic E-state index is 0.270. The monoisotopic (exact) mass is 216 g/mol. The van der Waals surface area contributed by atoms with Crippen LogP contribution in [0.4, 0.5) is 0 Å². The third-order valence-electron chi connectivity index (χ3n) is 1.98. The molecule has 0 aromatic carbocycles. The molecule has 0 heterocycles. The standard InChI is InChI=1S/C10H24N4O/c1-4-6-9(8-15-3)13-10(14-11)12-7-5-2/h9H,4-8,11H2,1-3H3,(H2,12,13,14). The van der Waals surface area contributed by atoms with E-state index >= 15 is 0 Å². The number of ether oxygens (including phenoxy) is 1. The fourth-order valence-corrected chi connectivity index (χ4v) is 1.30. The zero-order valence-corrected chi connectivity index (χ0v) is 10.0. The Morgan fingerprint density at radius 3 is 2.60 bits per heavy atom. The van der Waals surface area contributed by atoms with Crippen molar-refractivity contribution in [1.29, 1.82) is 0 Å². The number of nitrogens with zero attached hydrogens (tertiary/aromatic N) is 1. The van der Waals surface area contributed by atoms with E-state index in [1.807, 2.05) is 0 Å². The molecule has 0 rings (SSSR count). The van der Waals surface area contributed by atoms with Crippen LogP contribution in [0.5, 0.6) is 0 Å². The van der Waals surface area contributed by atoms with E-state index in [1.165, 1.54) is 0 Å². The quantitative estimate of drug-likeness (QED) is 0.252. The Kier molecular flexibility index (Phi) is 9.21. The van der Waals surface area contributed by atoms with Gasteiger partial charge < -0.3 is 10.1 Å². The first-order chi connectivity index (χ1) is 7.28. The van der Waals surface area contributed by atoms with Crippen molar-refractivity contribution in [2.45, 2.75) is 39.2 Å². The van der Waals surface area contributed by atoms with Crippen LogP contribution >= 0.6 is 0 Å². The number of methoxy groups -OCH3 is 1. The van der Waals surface area contributed by atoms with Gasteiger partial charge in [-0.2, -0.15) is 0 Å². The third-order valence-corrected chi connectivity index (χ3v) is 1.98. The predicted molar refractivity (Wildman–Crippen MR) is 63.6 cm³/mol. The maximum atomic E-state index is 5.37. The number of guanidine groups is 1. The summed E-state index contributed by atoms with van der Waals surface area (Å²) in [4.78, 5) is 4.28. The summed E-state index contributed by atoms with van der Waals surface area (Å²) >= 11 is 0. The van der Waals surface area contributed by atoms with Crippen LogP contribution in [0.2, 0.25) is 0 Å². The molecule has 0 fully saturated rings. The molecule has 1 unspecified atom stereocenters. The molecular formula is C10H24N4O. The molecule has 0 saturated carbocycles. The highest BCUT2D eigenvalue weighted by atomic mass is 16.5. The maximum Gasteiger partial charge on any atom is 0.206 e. The molecule has 0 aromatic rings. The van der Waals surface area contributed by atoms with Gasteiger partial charge in [0.25, 0.3) is 0 Å². The summed E-state index contributed by atoms with van der Waals surface area (Å²) < 4.78 is 5.12. The average molecular weight is 216 g/mol. The second-order valence-electron chi connectivity index (χ2n) is 3.46. The second-order valence-corrected chi connectivity index (χ2v) is 3.46. The molecule has 0 radical (unpaired) electrons. The normalized spacial score (nSPS) is 13.7. The second kappa shape index (κ2) is 9.73. The molecule has 0 amide bonds. The Morgan fingerprint density at radius 1 is 1.40 bits per heavy atom. The number of nitrogens with two attached hydrogens (primary N) is 1. The fraction of sp³-hybridized carbons (Fsp3) is 0.900. The Bertz CT molecular complexity index is 167.